The van der Waals surface area contributed by atoms with Crippen molar-refractivity contribution < 1.29 is 28.5 Å². The highest BCUT2D eigenvalue weighted by Gasteiger charge is 2.53. The fourth-order valence-electron chi connectivity index (χ4n) is 5.85. The Morgan fingerprint density at radius 1 is 1.13 bits per heavy atom. The lowest BCUT2D eigenvalue weighted by atomic mass is 9.70. The monoisotopic (exact) mass is 442 g/mol. The Hall–Kier alpha value is -0.690. The van der Waals surface area contributed by atoms with Crippen molar-refractivity contribution in [1.82, 2.24) is 0 Å². The molecule has 31 heavy (non-hydrogen) atoms. The van der Waals surface area contributed by atoms with Crippen LogP contribution in [0.3, 0.4) is 0 Å². The molecule has 0 aromatic carbocycles. The zero-order valence-electron chi connectivity index (χ0n) is 20.9. The number of hydrogen-bond donors (Lipinski definition) is 0. The summed E-state index contributed by atoms with van der Waals surface area (Å²) in [6.45, 7) is 14.9. The Morgan fingerprint density at radius 2 is 1.81 bits per heavy atom. The second-order valence-corrected chi connectivity index (χ2v) is 10.3. The molecule has 1 heterocycles. The second kappa shape index (κ2) is 12.0. The third-order valence-electron chi connectivity index (χ3n) is 7.33. The van der Waals surface area contributed by atoms with Gasteiger partial charge in [0.15, 0.2) is 5.79 Å². The molecule has 2 rings (SSSR count). The van der Waals surface area contributed by atoms with Crippen molar-refractivity contribution >= 4 is 5.97 Å². The van der Waals surface area contributed by atoms with E-state index in [2.05, 4.69) is 34.6 Å². The molecule has 0 aromatic rings. The zero-order valence-corrected chi connectivity index (χ0v) is 20.9. The maximum atomic E-state index is 13.0. The second-order valence-electron chi connectivity index (χ2n) is 10.3. The minimum atomic E-state index is -0.476. The third-order valence-corrected chi connectivity index (χ3v) is 7.33. The molecule has 6 nitrogen and oxygen atoms in total. The number of carbonyl (C=O) groups is 1. The van der Waals surface area contributed by atoms with E-state index in [0.29, 0.717) is 44.4 Å². The zero-order chi connectivity index (χ0) is 23.1. The van der Waals surface area contributed by atoms with E-state index in [1.807, 2.05) is 6.92 Å². The molecule has 6 heteroatoms. The van der Waals surface area contributed by atoms with Gasteiger partial charge in [0, 0.05) is 20.0 Å². The van der Waals surface area contributed by atoms with E-state index in [1.54, 1.807) is 7.11 Å². The Balaban J connectivity index is 2.15. The summed E-state index contributed by atoms with van der Waals surface area (Å²) >= 11 is 0. The highest BCUT2D eigenvalue weighted by atomic mass is 16.7. The van der Waals surface area contributed by atoms with E-state index in [1.165, 1.54) is 0 Å². The molecular formula is C25H46O6. The van der Waals surface area contributed by atoms with E-state index in [4.69, 9.17) is 23.7 Å². The van der Waals surface area contributed by atoms with E-state index >= 15 is 0 Å². The highest BCUT2D eigenvalue weighted by molar-refractivity contribution is 5.77. The number of rotatable bonds is 13. The van der Waals surface area contributed by atoms with Gasteiger partial charge < -0.3 is 23.7 Å². The number of carbonyl (C=O) groups excluding carboxylic acids is 1. The van der Waals surface area contributed by atoms with E-state index in [9.17, 15) is 4.79 Å². The van der Waals surface area contributed by atoms with Crippen LogP contribution in [0.2, 0.25) is 0 Å². The summed E-state index contributed by atoms with van der Waals surface area (Å²) in [5, 5.41) is 0. The molecule has 182 valence electrons. The lowest BCUT2D eigenvalue weighted by molar-refractivity contribution is -0.184. The lowest BCUT2D eigenvalue weighted by Gasteiger charge is -2.38. The van der Waals surface area contributed by atoms with Gasteiger partial charge in [-0.15, -0.1) is 0 Å². The van der Waals surface area contributed by atoms with Crippen molar-refractivity contribution in [3.05, 3.63) is 0 Å². The summed E-state index contributed by atoms with van der Waals surface area (Å²) in [5.41, 5.74) is -0.446. The molecule has 1 aliphatic carbocycles. The summed E-state index contributed by atoms with van der Waals surface area (Å²) < 4.78 is 28.6. The van der Waals surface area contributed by atoms with Crippen molar-refractivity contribution in [3.8, 4) is 0 Å². The number of ether oxygens (including phenoxy) is 5. The molecule has 0 radical (unpaired) electrons. The molecule has 1 saturated carbocycles. The Morgan fingerprint density at radius 3 is 2.39 bits per heavy atom. The van der Waals surface area contributed by atoms with Crippen LogP contribution < -0.4 is 0 Å². The maximum Gasteiger partial charge on any atom is 0.312 e. The van der Waals surface area contributed by atoms with Crippen LogP contribution in [-0.4, -0.2) is 51.6 Å². The van der Waals surface area contributed by atoms with E-state index < -0.39 is 11.2 Å². The third kappa shape index (κ3) is 6.89. The molecule has 2 aliphatic rings. The van der Waals surface area contributed by atoms with Crippen LogP contribution in [-0.2, 0) is 28.5 Å². The number of methoxy groups -OCH3 is 1. The van der Waals surface area contributed by atoms with Crippen molar-refractivity contribution in [3.63, 3.8) is 0 Å². The van der Waals surface area contributed by atoms with Gasteiger partial charge in [0.2, 0.25) is 0 Å². The Kier molecular flexibility index (Phi) is 10.3. The van der Waals surface area contributed by atoms with Crippen molar-refractivity contribution in [2.75, 3.05) is 33.7 Å². The Labute approximate surface area is 189 Å². The first kappa shape index (κ1) is 26.6. The molecule has 0 bridgehead atoms. The van der Waals surface area contributed by atoms with Crippen LogP contribution >= 0.6 is 0 Å². The van der Waals surface area contributed by atoms with Crippen LogP contribution in [0.4, 0.5) is 0 Å². The van der Waals surface area contributed by atoms with Crippen LogP contribution in [0.25, 0.3) is 0 Å². The van der Waals surface area contributed by atoms with Crippen LogP contribution in [0.5, 0.6) is 0 Å². The summed E-state index contributed by atoms with van der Waals surface area (Å²) in [6.07, 6.45) is 5.62. The molecule has 5 atom stereocenters. The molecule has 1 saturated heterocycles. The van der Waals surface area contributed by atoms with Gasteiger partial charge in [-0.05, 0) is 70.1 Å². The fraction of sp³-hybridized carbons (Fsp3) is 0.960. The van der Waals surface area contributed by atoms with Gasteiger partial charge in [0.25, 0.3) is 0 Å². The predicted molar refractivity (Wildman–Crippen MR) is 120 cm³/mol. The average molecular weight is 443 g/mol. The molecule has 0 spiro atoms. The molecule has 1 aliphatic heterocycles. The van der Waals surface area contributed by atoms with Crippen LogP contribution in [0, 0.1) is 29.1 Å². The smallest absolute Gasteiger partial charge is 0.312 e. The Bertz CT molecular complexity index is 544. The summed E-state index contributed by atoms with van der Waals surface area (Å²) in [7, 11) is 1.64. The maximum absolute atomic E-state index is 13.0. The van der Waals surface area contributed by atoms with Gasteiger partial charge >= 0.3 is 5.97 Å². The van der Waals surface area contributed by atoms with E-state index in [0.717, 1.165) is 38.5 Å². The number of hydrogen-bond acceptors (Lipinski definition) is 6. The quantitative estimate of drug-likeness (QED) is 0.289. The molecule has 0 aromatic heterocycles. The molecule has 0 unspecified atom stereocenters. The van der Waals surface area contributed by atoms with Crippen molar-refractivity contribution in [2.45, 2.75) is 92.0 Å². The minimum absolute atomic E-state index is 0.0505. The summed E-state index contributed by atoms with van der Waals surface area (Å²) in [6, 6.07) is 0. The first-order valence-corrected chi connectivity index (χ1v) is 12.2. The highest BCUT2D eigenvalue weighted by Crippen LogP contribution is 2.54. The van der Waals surface area contributed by atoms with Gasteiger partial charge in [-0.1, -0.05) is 20.8 Å². The van der Waals surface area contributed by atoms with Gasteiger partial charge in [-0.25, -0.2) is 0 Å². The van der Waals surface area contributed by atoms with Crippen LogP contribution in [0.1, 0.15) is 80.1 Å². The topological polar surface area (TPSA) is 63.2 Å². The van der Waals surface area contributed by atoms with Crippen molar-refractivity contribution in [2.24, 2.45) is 29.1 Å². The van der Waals surface area contributed by atoms with Gasteiger partial charge in [-0.2, -0.15) is 0 Å². The minimum Gasteiger partial charge on any atom is -0.466 e. The normalized spacial score (nSPS) is 29.9. The van der Waals surface area contributed by atoms with E-state index in [-0.39, 0.29) is 18.0 Å². The molecular weight excluding hydrogens is 396 g/mol. The standard InChI is InChI=1S/C25H46O6/c1-8-28-23(26)24(6)12-11-21(22(24)10-9-20(5)29-17-27-7)19(4)16-25(15-18(2)3)30-13-14-31-25/h18-22H,8-17H2,1-7H3/t19-,20-,21-,22-,24-/m1/s1. The first-order chi connectivity index (χ1) is 14.7. The SMILES string of the molecule is CCOC(=O)[C@]1(C)CC[C@H]([C@H](C)CC2(CC(C)C)OCCO2)[C@H]1CC[C@@H](C)OCOC. The van der Waals surface area contributed by atoms with Gasteiger partial charge in [0.05, 0.1) is 31.3 Å². The fourth-order valence-corrected chi connectivity index (χ4v) is 5.85. The molecule has 2 fully saturated rings. The van der Waals surface area contributed by atoms with Crippen molar-refractivity contribution in [1.29, 1.82) is 0 Å². The van der Waals surface area contributed by atoms with Crippen LogP contribution in [0.15, 0.2) is 0 Å². The van der Waals surface area contributed by atoms with Gasteiger partial charge in [-0.3, -0.25) is 4.79 Å². The summed E-state index contributed by atoms with van der Waals surface area (Å²) in [5.74, 6) is 1.07. The molecule has 0 N–H and O–H groups in total. The lowest BCUT2D eigenvalue weighted by Crippen LogP contribution is -2.40. The largest absolute Gasteiger partial charge is 0.466 e. The number of esters is 1. The average Bonchev–Trinajstić information content (AvgIpc) is 3.29. The molecule has 0 amide bonds. The van der Waals surface area contributed by atoms with Gasteiger partial charge in [0.1, 0.15) is 6.79 Å². The summed E-state index contributed by atoms with van der Waals surface area (Å²) in [4.78, 5) is 13.0. The first-order valence-electron chi connectivity index (χ1n) is 12.2. The predicted octanol–water partition coefficient (Wildman–Crippen LogP) is 5.19.